The molecule has 0 aliphatic carbocycles. The molecule has 1 aromatic rings. The average Bonchev–Trinajstić information content (AvgIpc) is 2.61. The van der Waals surface area contributed by atoms with Crippen molar-refractivity contribution < 1.29 is 19.1 Å². The van der Waals surface area contributed by atoms with Crippen LogP contribution >= 0.6 is 11.8 Å². The van der Waals surface area contributed by atoms with Crippen LogP contribution in [-0.4, -0.2) is 60.4 Å². The highest BCUT2D eigenvalue weighted by molar-refractivity contribution is 8.00. The number of aryl methyl sites for hydroxylation is 2. The second kappa shape index (κ2) is 8.19. The van der Waals surface area contributed by atoms with E-state index in [9.17, 15) is 14.4 Å². The lowest BCUT2D eigenvalue weighted by Crippen LogP contribution is -2.48. The Labute approximate surface area is 145 Å². The van der Waals surface area contributed by atoms with Gasteiger partial charge in [0.25, 0.3) is 5.91 Å². The Morgan fingerprint density at radius 3 is 2.71 bits per heavy atom. The van der Waals surface area contributed by atoms with Crippen LogP contribution in [0.5, 0.6) is 0 Å². The van der Waals surface area contributed by atoms with Gasteiger partial charge in [-0.25, -0.2) is 0 Å². The summed E-state index contributed by atoms with van der Waals surface area (Å²) in [4.78, 5) is 37.6. The van der Waals surface area contributed by atoms with Gasteiger partial charge in [-0.05, 0) is 37.1 Å². The van der Waals surface area contributed by atoms with Crippen molar-refractivity contribution in [2.24, 2.45) is 0 Å². The number of benzene rings is 1. The highest BCUT2D eigenvalue weighted by Crippen LogP contribution is 2.19. The molecule has 0 bridgehead atoms. The number of nitrogens with zero attached hydrogens (tertiary/aromatic N) is 1. The molecule has 1 saturated heterocycles. The molecule has 0 aromatic heterocycles. The highest BCUT2D eigenvalue weighted by atomic mass is 32.2. The molecule has 1 aliphatic heterocycles. The quantitative estimate of drug-likeness (QED) is 0.825. The Bertz CT molecular complexity index is 647. The Kier molecular flexibility index (Phi) is 6.25. The lowest BCUT2D eigenvalue weighted by atomic mass is 10.1. The molecule has 1 atom stereocenters. The van der Waals surface area contributed by atoms with Crippen LogP contribution < -0.4 is 5.32 Å². The minimum absolute atomic E-state index is 0.0791. The molecule has 1 aliphatic rings. The van der Waals surface area contributed by atoms with E-state index < -0.39 is 0 Å². The molecule has 7 heteroatoms. The Morgan fingerprint density at radius 1 is 1.29 bits per heavy atom. The standard InChI is InChI=1S/C17H22N2O4S/c1-11-4-5-13(8-12(11)2)16(21)18-9-15(20)19-6-7-24-14(10-19)17(22)23-3/h4-5,8,14H,6-7,9-10H2,1-3H3,(H,18,21)/t14-/m1/s1. The zero-order valence-corrected chi connectivity index (χ0v) is 14.9. The zero-order valence-electron chi connectivity index (χ0n) is 14.1. The van der Waals surface area contributed by atoms with Gasteiger partial charge in [-0.3, -0.25) is 14.4 Å². The number of rotatable bonds is 4. The van der Waals surface area contributed by atoms with Crippen molar-refractivity contribution >= 4 is 29.5 Å². The summed E-state index contributed by atoms with van der Waals surface area (Å²) in [6, 6.07) is 5.43. The average molecular weight is 350 g/mol. The summed E-state index contributed by atoms with van der Waals surface area (Å²) in [5.41, 5.74) is 2.68. The van der Waals surface area contributed by atoms with Crippen molar-refractivity contribution in [1.29, 1.82) is 0 Å². The van der Waals surface area contributed by atoms with E-state index in [1.165, 1.54) is 18.9 Å². The molecule has 2 rings (SSSR count). The number of thioether (sulfide) groups is 1. The molecular weight excluding hydrogens is 328 g/mol. The maximum absolute atomic E-state index is 12.3. The molecule has 24 heavy (non-hydrogen) atoms. The molecule has 1 fully saturated rings. The van der Waals surface area contributed by atoms with E-state index in [2.05, 4.69) is 5.32 Å². The second-order valence-corrected chi connectivity index (χ2v) is 7.01. The first-order valence-electron chi connectivity index (χ1n) is 7.75. The third kappa shape index (κ3) is 4.50. The van der Waals surface area contributed by atoms with Gasteiger partial charge in [0.1, 0.15) is 5.25 Å². The predicted octanol–water partition coefficient (Wildman–Crippen LogP) is 1.15. The molecule has 0 radical (unpaired) electrons. The number of esters is 1. The van der Waals surface area contributed by atoms with Gasteiger partial charge in [-0.2, -0.15) is 0 Å². The molecule has 6 nitrogen and oxygen atoms in total. The third-order valence-corrected chi connectivity index (χ3v) is 5.21. The largest absolute Gasteiger partial charge is 0.468 e. The number of hydrogen-bond donors (Lipinski definition) is 1. The van der Waals surface area contributed by atoms with E-state index >= 15 is 0 Å². The lowest BCUT2D eigenvalue weighted by Gasteiger charge is -2.31. The number of ether oxygens (including phenoxy) is 1. The van der Waals surface area contributed by atoms with Gasteiger partial charge in [0.05, 0.1) is 13.7 Å². The Hall–Kier alpha value is -2.02. The topological polar surface area (TPSA) is 75.7 Å². The van der Waals surface area contributed by atoms with Gasteiger partial charge in [0.15, 0.2) is 0 Å². The van der Waals surface area contributed by atoms with Crippen molar-refractivity contribution in [3.63, 3.8) is 0 Å². The van der Waals surface area contributed by atoms with Crippen molar-refractivity contribution in [2.75, 3.05) is 32.5 Å². The van der Waals surface area contributed by atoms with E-state index in [4.69, 9.17) is 4.74 Å². The maximum Gasteiger partial charge on any atom is 0.320 e. The lowest BCUT2D eigenvalue weighted by molar-refractivity contribution is -0.141. The molecule has 0 unspecified atom stereocenters. The SMILES string of the molecule is COC(=O)[C@H]1CN(C(=O)CNC(=O)c2ccc(C)c(C)c2)CCS1. The first-order chi connectivity index (χ1) is 11.4. The summed E-state index contributed by atoms with van der Waals surface area (Å²) < 4.78 is 4.73. The Morgan fingerprint density at radius 2 is 2.04 bits per heavy atom. The highest BCUT2D eigenvalue weighted by Gasteiger charge is 2.29. The van der Waals surface area contributed by atoms with Crippen LogP contribution in [0.4, 0.5) is 0 Å². The predicted molar refractivity (Wildman–Crippen MR) is 93.1 cm³/mol. The molecule has 1 heterocycles. The Balaban J connectivity index is 1.89. The van der Waals surface area contributed by atoms with Gasteiger partial charge < -0.3 is 15.0 Å². The summed E-state index contributed by atoms with van der Waals surface area (Å²) >= 11 is 1.49. The van der Waals surface area contributed by atoms with Gasteiger partial charge in [0.2, 0.25) is 5.91 Å². The van der Waals surface area contributed by atoms with Crippen LogP contribution in [0.25, 0.3) is 0 Å². The van der Waals surface area contributed by atoms with Gasteiger partial charge in [0, 0.05) is 24.4 Å². The van der Waals surface area contributed by atoms with Gasteiger partial charge in [-0.1, -0.05) is 6.07 Å². The monoisotopic (exact) mass is 350 g/mol. The molecule has 0 spiro atoms. The fourth-order valence-electron chi connectivity index (χ4n) is 2.40. The first-order valence-corrected chi connectivity index (χ1v) is 8.80. The zero-order chi connectivity index (χ0) is 17.7. The molecule has 1 N–H and O–H groups in total. The number of nitrogens with one attached hydrogen (secondary N) is 1. The fourth-order valence-corrected chi connectivity index (χ4v) is 3.53. The molecule has 2 amide bonds. The van der Waals surface area contributed by atoms with Crippen molar-refractivity contribution in [3.8, 4) is 0 Å². The van der Waals surface area contributed by atoms with Crippen molar-refractivity contribution in [3.05, 3.63) is 34.9 Å². The summed E-state index contributed by atoms with van der Waals surface area (Å²) in [5, 5.41) is 2.29. The van der Waals surface area contributed by atoms with Crippen LogP contribution in [0.3, 0.4) is 0 Å². The molecular formula is C17H22N2O4S. The van der Waals surface area contributed by atoms with E-state index in [0.29, 0.717) is 24.4 Å². The van der Waals surface area contributed by atoms with E-state index in [1.54, 1.807) is 17.0 Å². The van der Waals surface area contributed by atoms with Crippen LogP contribution in [0.2, 0.25) is 0 Å². The first kappa shape index (κ1) is 18.3. The summed E-state index contributed by atoms with van der Waals surface area (Å²) in [7, 11) is 1.34. The van der Waals surface area contributed by atoms with Crippen LogP contribution in [0.15, 0.2) is 18.2 Å². The van der Waals surface area contributed by atoms with Gasteiger partial charge >= 0.3 is 5.97 Å². The maximum atomic E-state index is 12.3. The van der Waals surface area contributed by atoms with E-state index in [-0.39, 0.29) is 29.6 Å². The van der Waals surface area contributed by atoms with Crippen LogP contribution in [0.1, 0.15) is 21.5 Å². The second-order valence-electron chi connectivity index (χ2n) is 5.70. The normalized spacial score (nSPS) is 17.3. The molecule has 130 valence electrons. The number of hydrogen-bond acceptors (Lipinski definition) is 5. The smallest absolute Gasteiger partial charge is 0.320 e. The summed E-state index contributed by atoms with van der Waals surface area (Å²) in [6.07, 6.45) is 0. The number of carbonyl (C=O) groups is 3. The van der Waals surface area contributed by atoms with Gasteiger partial charge in [-0.15, -0.1) is 11.8 Å². The number of amides is 2. The molecule has 0 saturated carbocycles. The van der Waals surface area contributed by atoms with Crippen molar-refractivity contribution in [1.82, 2.24) is 10.2 Å². The summed E-state index contributed by atoms with van der Waals surface area (Å²) in [6.45, 7) is 4.72. The third-order valence-electron chi connectivity index (χ3n) is 4.05. The number of carbonyl (C=O) groups excluding carboxylic acids is 3. The van der Waals surface area contributed by atoms with E-state index in [0.717, 1.165) is 11.1 Å². The fraction of sp³-hybridized carbons (Fsp3) is 0.471. The van der Waals surface area contributed by atoms with Crippen LogP contribution in [0, 0.1) is 13.8 Å². The minimum atomic E-state index is -0.358. The summed E-state index contributed by atoms with van der Waals surface area (Å²) in [5.74, 6) is -0.114. The number of methoxy groups -OCH3 is 1. The molecule has 1 aromatic carbocycles. The van der Waals surface area contributed by atoms with E-state index in [1.807, 2.05) is 19.9 Å². The minimum Gasteiger partial charge on any atom is -0.468 e. The van der Waals surface area contributed by atoms with Crippen molar-refractivity contribution in [2.45, 2.75) is 19.1 Å². The van der Waals surface area contributed by atoms with Crippen LogP contribution in [-0.2, 0) is 14.3 Å².